The van der Waals surface area contributed by atoms with Gasteiger partial charge in [0.25, 0.3) is 0 Å². The van der Waals surface area contributed by atoms with Gasteiger partial charge in [-0.2, -0.15) is 5.26 Å². The zero-order chi connectivity index (χ0) is 13.1. The van der Waals surface area contributed by atoms with Crippen molar-refractivity contribution in [1.82, 2.24) is 4.98 Å². The van der Waals surface area contributed by atoms with Crippen molar-refractivity contribution in [2.45, 2.75) is 25.4 Å². The second kappa shape index (κ2) is 5.23. The summed E-state index contributed by atoms with van der Waals surface area (Å²) in [7, 11) is 0. The summed E-state index contributed by atoms with van der Waals surface area (Å²) in [6.45, 7) is 0. The van der Waals surface area contributed by atoms with Crippen molar-refractivity contribution in [2.24, 2.45) is 5.92 Å². The molecule has 0 saturated heterocycles. The number of pyridine rings is 1. The van der Waals surface area contributed by atoms with E-state index in [1.807, 2.05) is 6.07 Å². The van der Waals surface area contributed by atoms with Gasteiger partial charge in [-0.1, -0.05) is 11.6 Å². The maximum absolute atomic E-state index is 10.8. The van der Waals surface area contributed by atoms with Crippen LogP contribution >= 0.6 is 11.6 Å². The molecule has 1 aromatic heterocycles. The van der Waals surface area contributed by atoms with Crippen LogP contribution in [0.2, 0.25) is 5.02 Å². The molecule has 0 aliphatic heterocycles. The van der Waals surface area contributed by atoms with Crippen LogP contribution in [0.3, 0.4) is 0 Å². The smallest absolute Gasteiger partial charge is 0.306 e. The number of hydrogen-bond donors (Lipinski definition) is 1. The highest BCUT2D eigenvalue weighted by molar-refractivity contribution is 6.31. The maximum Gasteiger partial charge on any atom is 0.306 e. The van der Waals surface area contributed by atoms with Crippen molar-refractivity contribution in [3.05, 3.63) is 23.0 Å². The van der Waals surface area contributed by atoms with Crippen molar-refractivity contribution < 1.29 is 14.6 Å². The van der Waals surface area contributed by atoms with E-state index in [1.54, 1.807) is 0 Å². The highest BCUT2D eigenvalue weighted by Crippen LogP contribution is 2.30. The standard InChI is InChI=1S/C12H11ClN2O3/c13-10-4-9(6-15-11(10)5-14)18-8-2-1-7(3-8)12(16)17/h4,6-8H,1-3H2,(H,16,17). The Morgan fingerprint density at radius 2 is 2.39 bits per heavy atom. The summed E-state index contributed by atoms with van der Waals surface area (Å²) in [5, 5.41) is 17.8. The van der Waals surface area contributed by atoms with Gasteiger partial charge in [0.15, 0.2) is 5.69 Å². The molecule has 0 amide bonds. The SMILES string of the molecule is N#Cc1ncc(OC2CCC(C(=O)O)C2)cc1Cl. The summed E-state index contributed by atoms with van der Waals surface area (Å²) in [6, 6.07) is 3.39. The lowest BCUT2D eigenvalue weighted by Gasteiger charge is -2.13. The number of aromatic nitrogens is 1. The highest BCUT2D eigenvalue weighted by Gasteiger charge is 2.31. The summed E-state index contributed by atoms with van der Waals surface area (Å²) >= 11 is 5.83. The molecule has 1 saturated carbocycles. The minimum atomic E-state index is -0.780. The molecular formula is C12H11ClN2O3. The van der Waals surface area contributed by atoms with Crippen molar-refractivity contribution in [1.29, 1.82) is 5.26 Å². The lowest BCUT2D eigenvalue weighted by atomic mass is 10.1. The first-order valence-corrected chi connectivity index (χ1v) is 5.93. The fourth-order valence-corrected chi connectivity index (χ4v) is 2.23. The van der Waals surface area contributed by atoms with Gasteiger partial charge in [-0.25, -0.2) is 4.98 Å². The molecule has 5 nitrogen and oxygen atoms in total. The van der Waals surface area contributed by atoms with Crippen LogP contribution in [0, 0.1) is 17.2 Å². The normalized spacial score (nSPS) is 22.4. The first-order chi connectivity index (χ1) is 8.60. The Labute approximate surface area is 109 Å². The lowest BCUT2D eigenvalue weighted by molar-refractivity contribution is -0.141. The van der Waals surface area contributed by atoms with Gasteiger partial charge in [0, 0.05) is 6.07 Å². The van der Waals surface area contributed by atoms with Gasteiger partial charge in [-0.3, -0.25) is 4.79 Å². The Bertz CT molecular complexity index is 513. The fourth-order valence-electron chi connectivity index (χ4n) is 2.03. The molecule has 1 N–H and O–H groups in total. The van der Waals surface area contributed by atoms with Crippen molar-refractivity contribution in [2.75, 3.05) is 0 Å². The molecular weight excluding hydrogens is 256 g/mol. The van der Waals surface area contributed by atoms with E-state index in [4.69, 9.17) is 26.7 Å². The minimum Gasteiger partial charge on any atom is -0.489 e. The van der Waals surface area contributed by atoms with Crippen molar-refractivity contribution >= 4 is 17.6 Å². The van der Waals surface area contributed by atoms with E-state index in [-0.39, 0.29) is 22.7 Å². The second-order valence-electron chi connectivity index (χ2n) is 4.20. The number of aliphatic carboxylic acids is 1. The number of hydrogen-bond acceptors (Lipinski definition) is 4. The first-order valence-electron chi connectivity index (χ1n) is 5.55. The van der Waals surface area contributed by atoms with Crippen LogP contribution in [0.1, 0.15) is 25.0 Å². The maximum atomic E-state index is 10.8. The molecule has 1 aliphatic rings. The molecule has 1 heterocycles. The van der Waals surface area contributed by atoms with E-state index < -0.39 is 5.97 Å². The van der Waals surface area contributed by atoms with E-state index in [9.17, 15) is 4.79 Å². The zero-order valence-electron chi connectivity index (χ0n) is 9.47. The van der Waals surface area contributed by atoms with Crippen LogP contribution in [-0.4, -0.2) is 22.2 Å². The fraction of sp³-hybridized carbons (Fsp3) is 0.417. The number of carboxylic acids is 1. The van der Waals surface area contributed by atoms with Crippen molar-refractivity contribution in [3.63, 3.8) is 0 Å². The Balaban J connectivity index is 2.01. The highest BCUT2D eigenvalue weighted by atomic mass is 35.5. The average molecular weight is 267 g/mol. The molecule has 2 atom stereocenters. The van der Waals surface area contributed by atoms with Gasteiger partial charge in [0.05, 0.1) is 23.2 Å². The van der Waals surface area contributed by atoms with Gasteiger partial charge in [0.2, 0.25) is 0 Å². The molecule has 0 bridgehead atoms. The summed E-state index contributed by atoms with van der Waals surface area (Å²) in [6.07, 6.45) is 3.12. The Morgan fingerprint density at radius 3 is 2.94 bits per heavy atom. The summed E-state index contributed by atoms with van der Waals surface area (Å²) in [5.74, 6) is -0.649. The Morgan fingerprint density at radius 1 is 1.61 bits per heavy atom. The monoisotopic (exact) mass is 266 g/mol. The lowest BCUT2D eigenvalue weighted by Crippen LogP contribution is -2.15. The third-order valence-electron chi connectivity index (χ3n) is 2.96. The van der Waals surface area contributed by atoms with Gasteiger partial charge in [-0.15, -0.1) is 0 Å². The van der Waals surface area contributed by atoms with Gasteiger partial charge in [0.1, 0.15) is 11.8 Å². The van der Waals surface area contributed by atoms with Gasteiger partial charge >= 0.3 is 5.97 Å². The molecule has 0 spiro atoms. The predicted octanol–water partition coefficient (Wildman–Crippen LogP) is 2.24. The molecule has 0 aromatic carbocycles. The first kappa shape index (κ1) is 12.7. The second-order valence-corrected chi connectivity index (χ2v) is 4.61. The number of nitriles is 1. The summed E-state index contributed by atoms with van der Waals surface area (Å²) in [5.41, 5.74) is 0.152. The quantitative estimate of drug-likeness (QED) is 0.907. The molecule has 1 aliphatic carbocycles. The van der Waals surface area contributed by atoms with E-state index in [0.29, 0.717) is 25.0 Å². The Hall–Kier alpha value is -1.80. The molecule has 1 aromatic rings. The van der Waals surface area contributed by atoms with Gasteiger partial charge < -0.3 is 9.84 Å². The van der Waals surface area contributed by atoms with Crippen LogP contribution in [0.4, 0.5) is 0 Å². The van der Waals surface area contributed by atoms with Crippen LogP contribution in [-0.2, 0) is 4.79 Å². The molecule has 2 unspecified atom stereocenters. The largest absolute Gasteiger partial charge is 0.489 e. The molecule has 1 fully saturated rings. The zero-order valence-corrected chi connectivity index (χ0v) is 10.2. The van der Waals surface area contributed by atoms with Crippen molar-refractivity contribution in [3.8, 4) is 11.8 Å². The number of halogens is 1. The number of rotatable bonds is 3. The van der Waals surface area contributed by atoms with Crippen LogP contribution in [0.15, 0.2) is 12.3 Å². The van der Waals surface area contributed by atoms with Crippen LogP contribution in [0.25, 0.3) is 0 Å². The van der Waals surface area contributed by atoms with E-state index in [2.05, 4.69) is 4.98 Å². The number of nitrogens with zero attached hydrogens (tertiary/aromatic N) is 2. The van der Waals surface area contributed by atoms with Crippen LogP contribution in [0.5, 0.6) is 5.75 Å². The van der Waals surface area contributed by atoms with Gasteiger partial charge in [-0.05, 0) is 19.3 Å². The third kappa shape index (κ3) is 2.71. The molecule has 18 heavy (non-hydrogen) atoms. The van der Waals surface area contributed by atoms with E-state index in [0.717, 1.165) is 0 Å². The number of ether oxygens (including phenoxy) is 1. The average Bonchev–Trinajstić information content (AvgIpc) is 2.78. The molecule has 0 radical (unpaired) electrons. The van der Waals surface area contributed by atoms with E-state index in [1.165, 1.54) is 12.3 Å². The number of carboxylic acid groups (broad SMARTS) is 1. The molecule has 94 valence electrons. The topological polar surface area (TPSA) is 83.2 Å². The summed E-state index contributed by atoms with van der Waals surface area (Å²) < 4.78 is 5.62. The summed E-state index contributed by atoms with van der Waals surface area (Å²) in [4.78, 5) is 14.7. The predicted molar refractivity (Wildman–Crippen MR) is 63.4 cm³/mol. The molecule has 6 heteroatoms. The Kier molecular flexibility index (Phi) is 3.68. The minimum absolute atomic E-state index is 0.128. The third-order valence-corrected chi connectivity index (χ3v) is 3.25. The molecule has 2 rings (SSSR count). The number of carbonyl (C=O) groups is 1. The van der Waals surface area contributed by atoms with E-state index >= 15 is 0 Å². The van der Waals surface area contributed by atoms with Crippen LogP contribution < -0.4 is 4.74 Å².